The molecule has 0 radical (unpaired) electrons. The minimum atomic E-state index is -3.83. The van der Waals surface area contributed by atoms with Crippen LogP contribution in [0.15, 0.2) is 17.3 Å². The molecule has 2 rings (SSSR count). The SMILES string of the molecule is CC(NS(=O)(=O)c1cnc(Cl)nc1)C(=O)N1CCCC1. The summed E-state index contributed by atoms with van der Waals surface area (Å²) in [6.07, 6.45) is 4.11. The monoisotopic (exact) mass is 318 g/mol. The molecule has 0 bridgehead atoms. The molecule has 1 atom stereocenters. The molecule has 1 amide bonds. The van der Waals surface area contributed by atoms with Crippen molar-refractivity contribution in [1.82, 2.24) is 19.6 Å². The fraction of sp³-hybridized carbons (Fsp3) is 0.545. The van der Waals surface area contributed by atoms with Gasteiger partial charge in [0.1, 0.15) is 4.90 Å². The van der Waals surface area contributed by atoms with E-state index in [4.69, 9.17) is 11.6 Å². The lowest BCUT2D eigenvalue weighted by Crippen LogP contribution is -2.45. The van der Waals surface area contributed by atoms with E-state index in [0.717, 1.165) is 25.2 Å². The van der Waals surface area contributed by atoms with Gasteiger partial charge in [0.05, 0.1) is 18.4 Å². The second-order valence-electron chi connectivity index (χ2n) is 4.56. The molecule has 1 aliphatic rings. The molecule has 2 heterocycles. The number of rotatable bonds is 4. The average molecular weight is 319 g/mol. The predicted molar refractivity (Wildman–Crippen MR) is 72.6 cm³/mol. The Morgan fingerprint density at radius 3 is 2.45 bits per heavy atom. The van der Waals surface area contributed by atoms with Crippen molar-refractivity contribution in [3.8, 4) is 0 Å². The van der Waals surface area contributed by atoms with Crippen LogP contribution in [0.2, 0.25) is 5.28 Å². The van der Waals surface area contributed by atoms with Crippen LogP contribution in [0.1, 0.15) is 19.8 Å². The molecule has 1 aromatic rings. The summed E-state index contributed by atoms with van der Waals surface area (Å²) in [6, 6.07) is -0.825. The molecule has 1 unspecified atom stereocenters. The molecule has 0 aromatic carbocycles. The van der Waals surface area contributed by atoms with Crippen molar-refractivity contribution in [2.45, 2.75) is 30.7 Å². The second kappa shape index (κ2) is 6.02. The lowest BCUT2D eigenvalue weighted by molar-refractivity contribution is -0.131. The zero-order valence-corrected chi connectivity index (χ0v) is 12.5. The minimum Gasteiger partial charge on any atom is -0.341 e. The molecule has 1 N–H and O–H groups in total. The van der Waals surface area contributed by atoms with Crippen molar-refractivity contribution in [3.05, 3.63) is 17.7 Å². The molecule has 0 spiro atoms. The summed E-state index contributed by atoms with van der Waals surface area (Å²) >= 11 is 5.51. The van der Waals surface area contributed by atoms with E-state index in [9.17, 15) is 13.2 Å². The van der Waals surface area contributed by atoms with Gasteiger partial charge in [-0.05, 0) is 31.4 Å². The second-order valence-corrected chi connectivity index (χ2v) is 6.62. The number of halogens is 1. The molecule has 1 saturated heterocycles. The minimum absolute atomic E-state index is 0.0369. The van der Waals surface area contributed by atoms with Gasteiger partial charge in [0.25, 0.3) is 0 Å². The highest BCUT2D eigenvalue weighted by atomic mass is 35.5. The fourth-order valence-corrected chi connectivity index (χ4v) is 3.18. The zero-order valence-electron chi connectivity index (χ0n) is 10.9. The van der Waals surface area contributed by atoms with Gasteiger partial charge in [0, 0.05) is 13.1 Å². The first kappa shape index (κ1) is 15.1. The smallest absolute Gasteiger partial charge is 0.244 e. The van der Waals surface area contributed by atoms with Crippen molar-refractivity contribution in [2.75, 3.05) is 13.1 Å². The zero-order chi connectivity index (χ0) is 14.8. The first-order valence-electron chi connectivity index (χ1n) is 6.19. The molecule has 20 heavy (non-hydrogen) atoms. The molecule has 9 heteroatoms. The van der Waals surface area contributed by atoms with Crippen LogP contribution in [0.25, 0.3) is 0 Å². The summed E-state index contributed by atoms with van der Waals surface area (Å²) in [6.45, 7) is 2.87. The number of amides is 1. The van der Waals surface area contributed by atoms with E-state index < -0.39 is 16.1 Å². The number of carbonyl (C=O) groups excluding carboxylic acids is 1. The number of nitrogens with one attached hydrogen (secondary N) is 1. The van der Waals surface area contributed by atoms with Crippen LogP contribution in [0.3, 0.4) is 0 Å². The number of hydrogen-bond donors (Lipinski definition) is 1. The van der Waals surface area contributed by atoms with Crippen molar-refractivity contribution in [2.24, 2.45) is 0 Å². The maximum Gasteiger partial charge on any atom is 0.244 e. The van der Waals surface area contributed by atoms with Gasteiger partial charge in [0.15, 0.2) is 0 Å². The molecule has 1 fully saturated rings. The number of aromatic nitrogens is 2. The van der Waals surface area contributed by atoms with Crippen molar-refractivity contribution >= 4 is 27.5 Å². The van der Waals surface area contributed by atoms with E-state index in [-0.39, 0.29) is 16.1 Å². The van der Waals surface area contributed by atoms with Gasteiger partial charge in [0.2, 0.25) is 21.2 Å². The summed E-state index contributed by atoms with van der Waals surface area (Å²) < 4.78 is 26.5. The molecular weight excluding hydrogens is 304 g/mol. The summed E-state index contributed by atoms with van der Waals surface area (Å²) in [5, 5.41) is -0.0369. The number of sulfonamides is 1. The third kappa shape index (κ3) is 3.44. The van der Waals surface area contributed by atoms with Crippen LogP contribution in [0, 0.1) is 0 Å². The molecule has 7 nitrogen and oxygen atoms in total. The maximum atomic E-state index is 12.1. The van der Waals surface area contributed by atoms with E-state index in [0.29, 0.717) is 13.1 Å². The lowest BCUT2D eigenvalue weighted by atomic mass is 10.3. The molecular formula is C11H15ClN4O3S. The Morgan fingerprint density at radius 2 is 1.90 bits per heavy atom. The third-order valence-corrected chi connectivity index (χ3v) is 4.72. The summed E-state index contributed by atoms with van der Waals surface area (Å²) in [7, 11) is -3.83. The molecule has 110 valence electrons. The van der Waals surface area contributed by atoms with Crippen molar-refractivity contribution in [1.29, 1.82) is 0 Å². The quantitative estimate of drug-likeness (QED) is 0.812. The van der Waals surface area contributed by atoms with E-state index in [1.807, 2.05) is 0 Å². The Kier molecular flexibility index (Phi) is 4.56. The van der Waals surface area contributed by atoms with Crippen LogP contribution in [-0.2, 0) is 14.8 Å². The predicted octanol–water partition coefficient (Wildman–Crippen LogP) is 0.419. The molecule has 0 aliphatic carbocycles. The normalized spacial score (nSPS) is 17.2. The van der Waals surface area contributed by atoms with Gasteiger partial charge in [-0.1, -0.05) is 0 Å². The third-order valence-electron chi connectivity index (χ3n) is 3.03. The van der Waals surface area contributed by atoms with E-state index >= 15 is 0 Å². The van der Waals surface area contributed by atoms with E-state index in [1.165, 1.54) is 6.92 Å². The number of carbonyl (C=O) groups is 1. The fourth-order valence-electron chi connectivity index (χ4n) is 2.00. The Bertz CT molecular complexity index is 584. The molecule has 1 aromatic heterocycles. The van der Waals surface area contributed by atoms with Crippen molar-refractivity contribution < 1.29 is 13.2 Å². The van der Waals surface area contributed by atoms with Crippen LogP contribution in [0.5, 0.6) is 0 Å². The first-order chi connectivity index (χ1) is 9.40. The molecule has 1 aliphatic heterocycles. The Labute approximate surface area is 122 Å². The van der Waals surface area contributed by atoms with Gasteiger partial charge in [-0.3, -0.25) is 4.79 Å². The van der Waals surface area contributed by atoms with Gasteiger partial charge in [-0.2, -0.15) is 4.72 Å². The van der Waals surface area contributed by atoms with Gasteiger partial charge >= 0.3 is 0 Å². The first-order valence-corrected chi connectivity index (χ1v) is 8.05. The van der Waals surface area contributed by atoms with Crippen LogP contribution in [-0.4, -0.2) is 48.3 Å². The lowest BCUT2D eigenvalue weighted by Gasteiger charge is -2.20. The maximum absolute atomic E-state index is 12.1. The summed E-state index contributed by atoms with van der Waals surface area (Å²) in [5.41, 5.74) is 0. The average Bonchev–Trinajstić information content (AvgIpc) is 2.91. The topological polar surface area (TPSA) is 92.3 Å². The Morgan fingerprint density at radius 1 is 1.35 bits per heavy atom. The van der Waals surface area contributed by atoms with Gasteiger partial charge in [-0.15, -0.1) is 0 Å². The number of hydrogen-bond acceptors (Lipinski definition) is 5. The van der Waals surface area contributed by atoms with E-state index in [1.54, 1.807) is 4.90 Å². The largest absolute Gasteiger partial charge is 0.341 e. The highest BCUT2D eigenvalue weighted by Crippen LogP contribution is 2.12. The number of likely N-dealkylation sites (tertiary alicyclic amines) is 1. The Hall–Kier alpha value is -1.25. The van der Waals surface area contributed by atoms with Crippen LogP contribution < -0.4 is 4.72 Å². The van der Waals surface area contributed by atoms with Gasteiger partial charge in [-0.25, -0.2) is 18.4 Å². The van der Waals surface area contributed by atoms with E-state index in [2.05, 4.69) is 14.7 Å². The summed E-state index contributed by atoms with van der Waals surface area (Å²) in [4.78, 5) is 20.8. The summed E-state index contributed by atoms with van der Waals surface area (Å²) in [5.74, 6) is -0.221. The number of nitrogens with zero attached hydrogens (tertiary/aromatic N) is 3. The van der Waals surface area contributed by atoms with Crippen LogP contribution in [0.4, 0.5) is 0 Å². The van der Waals surface area contributed by atoms with Gasteiger partial charge < -0.3 is 4.90 Å². The highest BCUT2D eigenvalue weighted by molar-refractivity contribution is 7.89. The molecule has 0 saturated carbocycles. The van der Waals surface area contributed by atoms with Crippen molar-refractivity contribution in [3.63, 3.8) is 0 Å². The standard InChI is InChI=1S/C11H15ClN4O3S/c1-8(10(17)16-4-2-3-5-16)15-20(18,19)9-6-13-11(12)14-7-9/h6-8,15H,2-5H2,1H3. The van der Waals surface area contributed by atoms with Crippen LogP contribution >= 0.6 is 11.6 Å². The Balaban J connectivity index is 2.07. The highest BCUT2D eigenvalue weighted by Gasteiger charge is 2.27.